The van der Waals surface area contributed by atoms with Gasteiger partial charge in [0, 0.05) is 30.6 Å². The second kappa shape index (κ2) is 5.99. The molecular weight excluding hydrogens is 244 g/mol. The van der Waals surface area contributed by atoms with Crippen LogP contribution in [0.3, 0.4) is 0 Å². The van der Waals surface area contributed by atoms with Gasteiger partial charge in [-0.1, -0.05) is 6.92 Å². The lowest BCUT2D eigenvalue weighted by Crippen LogP contribution is -2.08. The van der Waals surface area contributed by atoms with E-state index in [1.165, 1.54) is 12.1 Å². The van der Waals surface area contributed by atoms with Gasteiger partial charge in [-0.05, 0) is 24.6 Å². The molecule has 1 aromatic heterocycles. The van der Waals surface area contributed by atoms with Gasteiger partial charge in [-0.15, -0.1) is 0 Å². The van der Waals surface area contributed by atoms with Crippen LogP contribution in [-0.4, -0.2) is 14.7 Å². The Morgan fingerprint density at radius 1 is 1.32 bits per heavy atom. The number of nitrogens with one attached hydrogen (secondary N) is 1. The fourth-order valence-corrected chi connectivity index (χ4v) is 1.82. The zero-order valence-corrected chi connectivity index (χ0v) is 10.7. The van der Waals surface area contributed by atoms with E-state index in [2.05, 4.69) is 17.3 Å². The minimum atomic E-state index is -0.403. The van der Waals surface area contributed by atoms with E-state index in [1.54, 1.807) is 18.3 Å². The first kappa shape index (κ1) is 13.1. The highest BCUT2D eigenvalue weighted by molar-refractivity contribution is 5.48. The molecule has 0 aliphatic carbocycles. The van der Waals surface area contributed by atoms with Crippen molar-refractivity contribution in [3.63, 3.8) is 0 Å². The molecule has 0 spiro atoms. The first-order valence-electron chi connectivity index (χ1n) is 6.19. The number of nitrogens with zero attached hydrogens (tertiary/aromatic N) is 3. The standard InChI is InChI=1S/C13H16N4O2/c1-2-9-16-13(7-8-15-16)10-14-11-3-5-12(6-4-11)17(18)19/h3-8,14H,2,9-10H2,1H3. The van der Waals surface area contributed by atoms with Gasteiger partial charge in [-0.2, -0.15) is 5.10 Å². The Balaban J connectivity index is 1.98. The fourth-order valence-electron chi connectivity index (χ4n) is 1.82. The molecule has 0 unspecified atom stereocenters. The summed E-state index contributed by atoms with van der Waals surface area (Å²) in [7, 11) is 0. The minimum absolute atomic E-state index is 0.0987. The van der Waals surface area contributed by atoms with Crippen molar-refractivity contribution in [2.45, 2.75) is 26.4 Å². The minimum Gasteiger partial charge on any atom is -0.379 e. The second-order valence-electron chi connectivity index (χ2n) is 4.20. The number of hydrogen-bond donors (Lipinski definition) is 1. The Morgan fingerprint density at radius 2 is 2.05 bits per heavy atom. The summed E-state index contributed by atoms with van der Waals surface area (Å²) in [5.41, 5.74) is 2.05. The quantitative estimate of drug-likeness (QED) is 0.640. The van der Waals surface area contributed by atoms with Crippen LogP contribution in [0.15, 0.2) is 36.5 Å². The number of hydrogen-bond acceptors (Lipinski definition) is 4. The number of benzene rings is 1. The summed E-state index contributed by atoms with van der Waals surface area (Å²) >= 11 is 0. The first-order chi connectivity index (χ1) is 9.20. The normalized spacial score (nSPS) is 10.4. The van der Waals surface area contributed by atoms with Crippen molar-refractivity contribution < 1.29 is 4.92 Å². The monoisotopic (exact) mass is 260 g/mol. The summed E-state index contributed by atoms with van der Waals surface area (Å²) in [6, 6.07) is 8.36. The van der Waals surface area contributed by atoms with Gasteiger partial charge in [0.25, 0.3) is 5.69 Å². The molecule has 0 amide bonds. The van der Waals surface area contributed by atoms with E-state index in [1.807, 2.05) is 10.7 Å². The predicted octanol–water partition coefficient (Wildman–Crippen LogP) is 2.81. The highest BCUT2D eigenvalue weighted by Gasteiger charge is 2.05. The summed E-state index contributed by atoms with van der Waals surface area (Å²) in [5, 5.41) is 18.0. The van der Waals surface area contributed by atoms with Gasteiger partial charge in [-0.3, -0.25) is 14.8 Å². The third-order valence-electron chi connectivity index (χ3n) is 2.79. The number of aromatic nitrogens is 2. The van der Waals surface area contributed by atoms with Gasteiger partial charge in [-0.25, -0.2) is 0 Å². The molecule has 0 aliphatic rings. The molecule has 6 heteroatoms. The molecule has 2 aromatic rings. The van der Waals surface area contributed by atoms with Crippen molar-refractivity contribution in [2.75, 3.05) is 5.32 Å². The lowest BCUT2D eigenvalue weighted by Gasteiger charge is -2.08. The maximum Gasteiger partial charge on any atom is 0.269 e. The van der Waals surface area contributed by atoms with Crippen LogP contribution in [0, 0.1) is 10.1 Å². The molecule has 1 heterocycles. The van der Waals surface area contributed by atoms with Crippen molar-refractivity contribution in [3.05, 3.63) is 52.3 Å². The van der Waals surface area contributed by atoms with E-state index in [0.29, 0.717) is 6.54 Å². The molecule has 1 aromatic carbocycles. The number of aryl methyl sites for hydroxylation is 1. The van der Waals surface area contributed by atoms with E-state index >= 15 is 0 Å². The molecule has 6 nitrogen and oxygen atoms in total. The summed E-state index contributed by atoms with van der Waals surface area (Å²) in [6.07, 6.45) is 2.81. The average molecular weight is 260 g/mol. The van der Waals surface area contributed by atoms with Crippen molar-refractivity contribution in [1.82, 2.24) is 9.78 Å². The van der Waals surface area contributed by atoms with Gasteiger partial charge >= 0.3 is 0 Å². The summed E-state index contributed by atoms with van der Waals surface area (Å²) < 4.78 is 1.96. The highest BCUT2D eigenvalue weighted by Crippen LogP contribution is 2.16. The lowest BCUT2D eigenvalue weighted by molar-refractivity contribution is -0.384. The highest BCUT2D eigenvalue weighted by atomic mass is 16.6. The zero-order valence-electron chi connectivity index (χ0n) is 10.7. The van der Waals surface area contributed by atoms with Crippen LogP contribution < -0.4 is 5.32 Å². The zero-order chi connectivity index (χ0) is 13.7. The molecule has 19 heavy (non-hydrogen) atoms. The van der Waals surface area contributed by atoms with E-state index in [-0.39, 0.29) is 5.69 Å². The maximum absolute atomic E-state index is 10.5. The molecule has 0 aliphatic heterocycles. The Bertz CT molecular complexity index is 548. The lowest BCUT2D eigenvalue weighted by atomic mass is 10.3. The average Bonchev–Trinajstić information content (AvgIpc) is 2.85. The van der Waals surface area contributed by atoms with Crippen LogP contribution in [0.4, 0.5) is 11.4 Å². The number of rotatable bonds is 6. The van der Waals surface area contributed by atoms with Crippen LogP contribution in [0.1, 0.15) is 19.0 Å². The van der Waals surface area contributed by atoms with Gasteiger partial charge in [0.05, 0.1) is 17.2 Å². The van der Waals surface area contributed by atoms with Gasteiger partial charge in [0.2, 0.25) is 0 Å². The van der Waals surface area contributed by atoms with Crippen LogP contribution in [0.2, 0.25) is 0 Å². The van der Waals surface area contributed by atoms with E-state index in [0.717, 1.165) is 24.3 Å². The van der Waals surface area contributed by atoms with E-state index < -0.39 is 4.92 Å². The number of nitro benzene ring substituents is 1. The van der Waals surface area contributed by atoms with Crippen LogP contribution in [0.25, 0.3) is 0 Å². The smallest absolute Gasteiger partial charge is 0.269 e. The summed E-state index contributed by atoms with van der Waals surface area (Å²) in [5.74, 6) is 0. The molecular formula is C13H16N4O2. The van der Waals surface area contributed by atoms with Crippen LogP contribution in [-0.2, 0) is 13.1 Å². The number of anilines is 1. The fraction of sp³-hybridized carbons (Fsp3) is 0.308. The topological polar surface area (TPSA) is 73.0 Å². The SMILES string of the molecule is CCCn1nccc1CNc1ccc([N+](=O)[O-])cc1. The van der Waals surface area contributed by atoms with Crippen molar-refractivity contribution in [3.8, 4) is 0 Å². The molecule has 0 fully saturated rings. The van der Waals surface area contributed by atoms with Gasteiger partial charge in [0.1, 0.15) is 0 Å². The molecule has 0 atom stereocenters. The van der Waals surface area contributed by atoms with Gasteiger partial charge in [0.15, 0.2) is 0 Å². The predicted molar refractivity (Wildman–Crippen MR) is 72.9 cm³/mol. The van der Waals surface area contributed by atoms with E-state index in [4.69, 9.17) is 0 Å². The van der Waals surface area contributed by atoms with Crippen molar-refractivity contribution in [1.29, 1.82) is 0 Å². The molecule has 1 N–H and O–H groups in total. The third-order valence-corrected chi connectivity index (χ3v) is 2.79. The summed E-state index contributed by atoms with van der Waals surface area (Å²) in [4.78, 5) is 10.1. The summed E-state index contributed by atoms with van der Waals surface area (Å²) in [6.45, 7) is 3.65. The number of nitro groups is 1. The Labute approximate surface area is 111 Å². The van der Waals surface area contributed by atoms with Crippen LogP contribution in [0.5, 0.6) is 0 Å². The maximum atomic E-state index is 10.5. The van der Waals surface area contributed by atoms with E-state index in [9.17, 15) is 10.1 Å². The van der Waals surface area contributed by atoms with Crippen molar-refractivity contribution in [2.24, 2.45) is 0 Å². The van der Waals surface area contributed by atoms with Crippen LogP contribution >= 0.6 is 0 Å². The Kier molecular flexibility index (Phi) is 4.12. The molecule has 0 saturated carbocycles. The number of non-ortho nitro benzene ring substituents is 1. The Morgan fingerprint density at radius 3 is 2.68 bits per heavy atom. The largest absolute Gasteiger partial charge is 0.379 e. The third kappa shape index (κ3) is 3.31. The molecule has 100 valence electrons. The molecule has 0 bridgehead atoms. The second-order valence-corrected chi connectivity index (χ2v) is 4.20. The molecule has 0 radical (unpaired) electrons. The molecule has 2 rings (SSSR count). The Hall–Kier alpha value is -2.37. The first-order valence-corrected chi connectivity index (χ1v) is 6.19. The van der Waals surface area contributed by atoms with Gasteiger partial charge < -0.3 is 5.32 Å². The molecule has 0 saturated heterocycles. The van der Waals surface area contributed by atoms with Crippen molar-refractivity contribution >= 4 is 11.4 Å².